The highest BCUT2D eigenvalue weighted by Crippen LogP contribution is 2.28. The lowest BCUT2D eigenvalue weighted by Gasteiger charge is -2.21. The van der Waals surface area contributed by atoms with E-state index in [1.807, 2.05) is 29.6 Å². The molecule has 0 fully saturated rings. The molecule has 0 unspecified atom stereocenters. The maximum atomic E-state index is 12.5. The quantitative estimate of drug-likeness (QED) is 0.431. The zero-order valence-corrected chi connectivity index (χ0v) is 20.9. The first-order valence-corrected chi connectivity index (χ1v) is 12.0. The Morgan fingerprint density at radius 1 is 1.03 bits per heavy atom. The molecule has 0 radical (unpaired) electrons. The molecule has 3 aromatic rings. The van der Waals surface area contributed by atoms with Gasteiger partial charge >= 0.3 is 0 Å². The molecule has 1 heterocycles. The highest BCUT2D eigenvalue weighted by Gasteiger charge is 2.14. The van der Waals surface area contributed by atoms with Gasteiger partial charge in [-0.15, -0.1) is 11.3 Å². The largest absolute Gasteiger partial charge is 0.372 e. The van der Waals surface area contributed by atoms with Crippen LogP contribution in [0.4, 0.5) is 10.8 Å². The van der Waals surface area contributed by atoms with Gasteiger partial charge in [-0.3, -0.25) is 10.1 Å². The summed E-state index contributed by atoms with van der Waals surface area (Å²) in [6, 6.07) is 16.0. The van der Waals surface area contributed by atoms with Crippen LogP contribution in [0.15, 0.2) is 53.9 Å². The predicted molar refractivity (Wildman–Crippen MR) is 140 cm³/mol. The summed E-state index contributed by atoms with van der Waals surface area (Å²) in [5, 5.41) is 8.59. The van der Waals surface area contributed by atoms with Crippen LogP contribution >= 0.6 is 23.6 Å². The second-order valence-corrected chi connectivity index (χ2v) is 9.76. The third kappa shape index (κ3) is 5.93. The van der Waals surface area contributed by atoms with Crippen molar-refractivity contribution in [3.8, 4) is 11.3 Å². The third-order valence-electron chi connectivity index (χ3n) is 5.26. The van der Waals surface area contributed by atoms with Crippen LogP contribution in [0.1, 0.15) is 50.5 Å². The summed E-state index contributed by atoms with van der Waals surface area (Å²) >= 11 is 6.77. The number of hydrogen-bond acceptors (Lipinski definition) is 5. The molecule has 0 bridgehead atoms. The summed E-state index contributed by atoms with van der Waals surface area (Å²) in [4.78, 5) is 19.4. The van der Waals surface area contributed by atoms with Crippen LogP contribution < -0.4 is 15.5 Å². The van der Waals surface area contributed by atoms with Gasteiger partial charge in [0.2, 0.25) is 0 Å². The molecule has 3 rings (SSSR count). The Morgan fingerprint density at radius 2 is 1.66 bits per heavy atom. The van der Waals surface area contributed by atoms with E-state index < -0.39 is 0 Å². The minimum atomic E-state index is -0.247. The molecular formula is C25H30N4OS2. The van der Waals surface area contributed by atoms with Gasteiger partial charge < -0.3 is 10.2 Å². The van der Waals surface area contributed by atoms with E-state index in [0.717, 1.165) is 30.0 Å². The normalized spacial score (nSPS) is 11.2. The average molecular weight is 467 g/mol. The smallest absolute Gasteiger partial charge is 0.257 e. The molecule has 0 spiro atoms. The van der Waals surface area contributed by atoms with Crippen molar-refractivity contribution in [2.45, 2.75) is 40.0 Å². The van der Waals surface area contributed by atoms with Gasteiger partial charge in [0.1, 0.15) is 0 Å². The lowest BCUT2D eigenvalue weighted by Crippen LogP contribution is -2.34. The molecular weight excluding hydrogens is 436 g/mol. The number of anilines is 2. The standard InChI is InChI=1S/C25H30N4OS2/c1-6-29(7-2)20-14-10-18(11-15-20)22(30)27-23(31)28-24-26-21(16-32-24)17-8-12-19(13-9-17)25(3,4)5/h8-16H,6-7H2,1-5H3,(H2,26,27,28,30,31). The van der Waals surface area contributed by atoms with Crippen molar-refractivity contribution in [3.63, 3.8) is 0 Å². The van der Waals surface area contributed by atoms with E-state index in [4.69, 9.17) is 12.2 Å². The minimum absolute atomic E-state index is 0.115. The third-order valence-corrected chi connectivity index (χ3v) is 6.22. The molecule has 32 heavy (non-hydrogen) atoms. The van der Waals surface area contributed by atoms with Crippen molar-refractivity contribution in [1.82, 2.24) is 10.3 Å². The van der Waals surface area contributed by atoms with E-state index in [-0.39, 0.29) is 16.4 Å². The highest BCUT2D eigenvalue weighted by molar-refractivity contribution is 7.80. The summed E-state index contributed by atoms with van der Waals surface area (Å²) in [5.41, 5.74) is 4.97. The number of amides is 1. The van der Waals surface area contributed by atoms with Crippen LogP contribution in [0.3, 0.4) is 0 Å². The first-order chi connectivity index (χ1) is 15.2. The monoisotopic (exact) mass is 466 g/mol. The van der Waals surface area contributed by atoms with E-state index in [2.05, 4.69) is 79.4 Å². The van der Waals surface area contributed by atoms with Gasteiger partial charge in [0.15, 0.2) is 10.2 Å². The number of thiazole rings is 1. The van der Waals surface area contributed by atoms with Crippen molar-refractivity contribution in [1.29, 1.82) is 0 Å². The molecule has 0 aliphatic carbocycles. The van der Waals surface area contributed by atoms with Gasteiger partial charge in [0.05, 0.1) is 5.69 Å². The lowest BCUT2D eigenvalue weighted by molar-refractivity contribution is 0.0977. The number of carbonyl (C=O) groups is 1. The minimum Gasteiger partial charge on any atom is -0.372 e. The first kappa shape index (κ1) is 23.9. The van der Waals surface area contributed by atoms with Crippen LogP contribution in [-0.2, 0) is 5.41 Å². The summed E-state index contributed by atoms with van der Waals surface area (Å²) in [6.07, 6.45) is 0. The van der Waals surface area contributed by atoms with Gasteiger partial charge in [0.25, 0.3) is 5.91 Å². The molecule has 0 aliphatic rings. The first-order valence-electron chi connectivity index (χ1n) is 10.7. The van der Waals surface area contributed by atoms with Gasteiger partial charge in [-0.25, -0.2) is 4.98 Å². The lowest BCUT2D eigenvalue weighted by atomic mass is 9.86. The topological polar surface area (TPSA) is 57.3 Å². The zero-order valence-electron chi connectivity index (χ0n) is 19.2. The van der Waals surface area contributed by atoms with Crippen LogP contribution in [0.2, 0.25) is 0 Å². The van der Waals surface area contributed by atoms with Crippen molar-refractivity contribution >= 4 is 45.4 Å². The number of nitrogens with one attached hydrogen (secondary N) is 2. The van der Waals surface area contributed by atoms with Crippen molar-refractivity contribution in [3.05, 3.63) is 65.0 Å². The maximum absolute atomic E-state index is 12.5. The van der Waals surface area contributed by atoms with E-state index in [0.29, 0.717) is 10.7 Å². The van der Waals surface area contributed by atoms with E-state index in [9.17, 15) is 4.79 Å². The molecule has 5 nitrogen and oxygen atoms in total. The van der Waals surface area contributed by atoms with Gasteiger partial charge in [0, 0.05) is 35.3 Å². The molecule has 2 aromatic carbocycles. The molecule has 0 saturated carbocycles. The number of carbonyl (C=O) groups excluding carboxylic acids is 1. The molecule has 168 valence electrons. The van der Waals surface area contributed by atoms with Crippen LogP contribution in [0, 0.1) is 0 Å². The Labute approximate surface area is 199 Å². The Hall–Kier alpha value is -2.77. The Kier molecular flexibility index (Phi) is 7.64. The number of nitrogens with zero attached hydrogens (tertiary/aromatic N) is 2. The fourth-order valence-corrected chi connectivity index (χ4v) is 4.30. The van der Waals surface area contributed by atoms with Gasteiger partial charge in [-0.2, -0.15) is 0 Å². The Morgan fingerprint density at radius 3 is 2.22 bits per heavy atom. The van der Waals surface area contributed by atoms with E-state index in [1.54, 1.807) is 0 Å². The fraction of sp³-hybridized carbons (Fsp3) is 0.320. The van der Waals surface area contributed by atoms with Gasteiger partial charge in [-0.1, -0.05) is 45.0 Å². The number of hydrogen-bond donors (Lipinski definition) is 2. The van der Waals surface area contributed by atoms with E-state index >= 15 is 0 Å². The molecule has 2 N–H and O–H groups in total. The SMILES string of the molecule is CCN(CC)c1ccc(C(=O)NC(=S)Nc2nc(-c3ccc(C(C)(C)C)cc3)cs2)cc1. The van der Waals surface area contributed by atoms with Crippen LogP contribution in [0.25, 0.3) is 11.3 Å². The molecule has 1 aromatic heterocycles. The average Bonchev–Trinajstić information content (AvgIpc) is 3.23. The Balaban J connectivity index is 1.60. The summed E-state index contributed by atoms with van der Waals surface area (Å²) in [5.74, 6) is -0.247. The summed E-state index contributed by atoms with van der Waals surface area (Å²) in [6.45, 7) is 12.7. The molecule has 7 heteroatoms. The molecule has 0 atom stereocenters. The van der Waals surface area contributed by atoms with Crippen molar-refractivity contribution in [2.24, 2.45) is 0 Å². The van der Waals surface area contributed by atoms with Gasteiger partial charge in [-0.05, 0) is 61.3 Å². The predicted octanol–water partition coefficient (Wildman–Crippen LogP) is 6.08. The summed E-state index contributed by atoms with van der Waals surface area (Å²) in [7, 11) is 0. The van der Waals surface area contributed by atoms with E-state index in [1.165, 1.54) is 16.9 Å². The number of benzene rings is 2. The number of aromatic nitrogens is 1. The van der Waals surface area contributed by atoms with Crippen molar-refractivity contribution in [2.75, 3.05) is 23.3 Å². The fourth-order valence-electron chi connectivity index (χ4n) is 3.32. The second-order valence-electron chi connectivity index (χ2n) is 8.49. The highest BCUT2D eigenvalue weighted by atomic mass is 32.1. The van der Waals surface area contributed by atoms with Crippen molar-refractivity contribution < 1.29 is 4.79 Å². The van der Waals surface area contributed by atoms with Crippen LogP contribution in [0.5, 0.6) is 0 Å². The molecule has 0 aliphatic heterocycles. The maximum Gasteiger partial charge on any atom is 0.257 e. The van der Waals surface area contributed by atoms with Crippen LogP contribution in [-0.4, -0.2) is 29.1 Å². The number of rotatable bonds is 6. The number of thiocarbonyl (C=S) groups is 1. The summed E-state index contributed by atoms with van der Waals surface area (Å²) < 4.78 is 0. The second kappa shape index (κ2) is 10.2. The molecule has 1 amide bonds. The zero-order chi connectivity index (χ0) is 23.3. The molecule has 0 saturated heterocycles. The Bertz CT molecular complexity index is 1060.